The number of carbonyl (C=O) groups excluding carboxylic acids is 1. The Morgan fingerprint density at radius 2 is 2.05 bits per heavy atom. The number of halogens is 1. The average molecular weight is 308 g/mol. The summed E-state index contributed by atoms with van der Waals surface area (Å²) in [5.74, 6) is -0.134. The van der Waals surface area contributed by atoms with Gasteiger partial charge in [0.05, 0.1) is 0 Å². The van der Waals surface area contributed by atoms with Gasteiger partial charge in [0.2, 0.25) is 5.91 Å². The van der Waals surface area contributed by atoms with E-state index in [1.165, 1.54) is 0 Å². The van der Waals surface area contributed by atoms with E-state index >= 15 is 0 Å². The number of rotatable bonds is 4. The number of nitrogens with one attached hydrogen (secondary N) is 2. The normalized spacial score (nSPS) is 10.7. The Labute approximate surface area is 127 Å². The minimum atomic E-state index is -0.180. The third kappa shape index (κ3) is 3.55. The molecule has 2 rings (SSSR count). The van der Waals surface area contributed by atoms with Gasteiger partial charge in [0.15, 0.2) is 0 Å². The topological polar surface area (TPSA) is 66.9 Å². The molecule has 5 nitrogen and oxygen atoms in total. The van der Waals surface area contributed by atoms with Crippen LogP contribution in [-0.4, -0.2) is 15.5 Å². The fraction of sp³-hybridized carbons (Fsp3) is 0.333. The Balaban J connectivity index is 2.01. The standard InChI is InChI=1S/C15H18ClN3O2/c1-9-8-12(16)4-5-13(9)18-14(20)6-7-19-11(3)10(2)17-15(19)21/h4-5,8H,6-7H2,1-3H3,(H,17,21)(H,18,20). The monoisotopic (exact) mass is 307 g/mol. The third-order valence-corrected chi connectivity index (χ3v) is 3.75. The first-order valence-electron chi connectivity index (χ1n) is 6.70. The summed E-state index contributed by atoms with van der Waals surface area (Å²) in [7, 11) is 0. The van der Waals surface area contributed by atoms with Crippen molar-refractivity contribution in [2.24, 2.45) is 0 Å². The van der Waals surface area contributed by atoms with Gasteiger partial charge in [-0.1, -0.05) is 11.6 Å². The van der Waals surface area contributed by atoms with Crippen LogP contribution in [0.3, 0.4) is 0 Å². The first kappa shape index (κ1) is 15.4. The summed E-state index contributed by atoms with van der Waals surface area (Å²) >= 11 is 5.88. The first-order chi connectivity index (χ1) is 9.88. The molecule has 21 heavy (non-hydrogen) atoms. The van der Waals surface area contributed by atoms with E-state index in [4.69, 9.17) is 11.6 Å². The van der Waals surface area contributed by atoms with E-state index in [9.17, 15) is 9.59 Å². The minimum absolute atomic E-state index is 0.134. The smallest absolute Gasteiger partial charge is 0.325 e. The van der Waals surface area contributed by atoms with E-state index < -0.39 is 0 Å². The van der Waals surface area contributed by atoms with E-state index in [-0.39, 0.29) is 18.0 Å². The van der Waals surface area contributed by atoms with Gasteiger partial charge in [-0.05, 0) is 44.5 Å². The molecule has 1 aromatic heterocycles. The number of amides is 1. The Kier molecular flexibility index (Phi) is 4.53. The number of imidazole rings is 1. The van der Waals surface area contributed by atoms with Crippen LogP contribution in [0.5, 0.6) is 0 Å². The number of hydrogen-bond donors (Lipinski definition) is 2. The molecule has 1 aromatic carbocycles. The maximum Gasteiger partial charge on any atom is 0.325 e. The van der Waals surface area contributed by atoms with Crippen molar-refractivity contribution in [2.75, 3.05) is 5.32 Å². The summed E-state index contributed by atoms with van der Waals surface area (Å²) in [6.07, 6.45) is 0.236. The molecule has 2 N–H and O–H groups in total. The molecule has 0 saturated heterocycles. The quantitative estimate of drug-likeness (QED) is 0.912. The fourth-order valence-corrected chi connectivity index (χ4v) is 2.36. The van der Waals surface area contributed by atoms with Gasteiger partial charge in [-0.2, -0.15) is 0 Å². The van der Waals surface area contributed by atoms with Crippen molar-refractivity contribution in [3.05, 3.63) is 50.7 Å². The van der Waals surface area contributed by atoms with Crippen molar-refractivity contribution in [2.45, 2.75) is 33.7 Å². The summed E-state index contributed by atoms with van der Waals surface area (Å²) < 4.78 is 1.57. The second kappa shape index (κ2) is 6.18. The Morgan fingerprint density at radius 3 is 2.62 bits per heavy atom. The molecule has 0 aliphatic heterocycles. The summed E-state index contributed by atoms with van der Waals surface area (Å²) in [5, 5.41) is 3.46. The van der Waals surface area contributed by atoms with E-state index in [1.807, 2.05) is 20.8 Å². The zero-order chi connectivity index (χ0) is 15.6. The predicted octanol–water partition coefficient (Wildman–Crippen LogP) is 2.78. The van der Waals surface area contributed by atoms with Crippen molar-refractivity contribution in [3.8, 4) is 0 Å². The van der Waals surface area contributed by atoms with Crippen LogP contribution >= 0.6 is 11.6 Å². The summed E-state index contributed by atoms with van der Waals surface area (Å²) in [6, 6.07) is 5.29. The Hall–Kier alpha value is -2.01. The van der Waals surface area contributed by atoms with Crippen LogP contribution in [0.4, 0.5) is 5.69 Å². The molecule has 0 aliphatic carbocycles. The van der Waals surface area contributed by atoms with E-state index in [0.717, 1.165) is 22.6 Å². The largest absolute Gasteiger partial charge is 0.326 e. The maximum absolute atomic E-state index is 12.0. The molecule has 0 unspecified atom stereocenters. The van der Waals surface area contributed by atoms with Gasteiger partial charge in [0, 0.05) is 35.1 Å². The van der Waals surface area contributed by atoms with Crippen molar-refractivity contribution in [1.82, 2.24) is 9.55 Å². The van der Waals surface area contributed by atoms with Gasteiger partial charge in [-0.25, -0.2) is 4.79 Å². The number of benzene rings is 1. The van der Waals surface area contributed by atoms with Crippen molar-refractivity contribution < 1.29 is 4.79 Å². The minimum Gasteiger partial charge on any atom is -0.326 e. The number of aromatic amines is 1. The lowest BCUT2D eigenvalue weighted by Gasteiger charge is -2.09. The summed E-state index contributed by atoms with van der Waals surface area (Å²) in [4.78, 5) is 26.4. The molecule has 0 atom stereocenters. The molecule has 1 amide bonds. The lowest BCUT2D eigenvalue weighted by atomic mass is 10.2. The van der Waals surface area contributed by atoms with Crippen LogP contribution in [0.1, 0.15) is 23.4 Å². The lowest BCUT2D eigenvalue weighted by Crippen LogP contribution is -2.22. The molecule has 0 spiro atoms. The molecule has 112 valence electrons. The molecule has 0 aliphatic rings. The molecular weight excluding hydrogens is 290 g/mol. The average Bonchev–Trinajstić information content (AvgIpc) is 2.65. The van der Waals surface area contributed by atoms with Crippen LogP contribution in [0, 0.1) is 20.8 Å². The number of nitrogens with zero attached hydrogens (tertiary/aromatic N) is 1. The van der Waals surface area contributed by atoms with Gasteiger partial charge in [0.1, 0.15) is 0 Å². The van der Waals surface area contributed by atoms with Crippen LogP contribution in [-0.2, 0) is 11.3 Å². The highest BCUT2D eigenvalue weighted by atomic mass is 35.5. The van der Waals surface area contributed by atoms with Gasteiger partial charge in [-0.3, -0.25) is 9.36 Å². The molecule has 2 aromatic rings. The van der Waals surface area contributed by atoms with Crippen LogP contribution < -0.4 is 11.0 Å². The van der Waals surface area contributed by atoms with E-state index in [1.54, 1.807) is 22.8 Å². The highest BCUT2D eigenvalue weighted by Gasteiger charge is 2.10. The van der Waals surface area contributed by atoms with Crippen LogP contribution in [0.15, 0.2) is 23.0 Å². The Morgan fingerprint density at radius 1 is 1.33 bits per heavy atom. The third-order valence-electron chi connectivity index (χ3n) is 3.51. The molecule has 1 heterocycles. The van der Waals surface area contributed by atoms with E-state index in [2.05, 4.69) is 10.3 Å². The zero-order valence-electron chi connectivity index (χ0n) is 12.3. The number of H-pyrrole nitrogens is 1. The lowest BCUT2D eigenvalue weighted by molar-refractivity contribution is -0.116. The second-order valence-electron chi connectivity index (χ2n) is 5.05. The summed E-state index contributed by atoms with van der Waals surface area (Å²) in [5.41, 5.74) is 3.14. The molecule has 0 fully saturated rings. The fourth-order valence-electron chi connectivity index (χ4n) is 2.14. The van der Waals surface area contributed by atoms with Crippen LogP contribution in [0.25, 0.3) is 0 Å². The second-order valence-corrected chi connectivity index (χ2v) is 5.49. The van der Waals surface area contributed by atoms with E-state index in [0.29, 0.717) is 11.6 Å². The maximum atomic E-state index is 12.0. The molecular formula is C15H18ClN3O2. The van der Waals surface area contributed by atoms with Crippen molar-refractivity contribution >= 4 is 23.2 Å². The molecule has 0 bridgehead atoms. The number of anilines is 1. The number of carbonyl (C=O) groups is 1. The van der Waals surface area contributed by atoms with Crippen molar-refractivity contribution in [1.29, 1.82) is 0 Å². The summed E-state index contributed by atoms with van der Waals surface area (Å²) in [6.45, 7) is 5.93. The highest BCUT2D eigenvalue weighted by molar-refractivity contribution is 6.30. The number of aryl methyl sites for hydroxylation is 2. The number of hydrogen-bond acceptors (Lipinski definition) is 2. The van der Waals surface area contributed by atoms with Crippen LogP contribution in [0.2, 0.25) is 5.02 Å². The number of aromatic nitrogens is 2. The molecule has 0 saturated carbocycles. The SMILES string of the molecule is Cc1cc(Cl)ccc1NC(=O)CCn1c(C)c(C)[nH]c1=O. The highest BCUT2D eigenvalue weighted by Crippen LogP contribution is 2.19. The van der Waals surface area contributed by atoms with Gasteiger partial charge in [-0.15, -0.1) is 0 Å². The van der Waals surface area contributed by atoms with Gasteiger partial charge >= 0.3 is 5.69 Å². The molecule has 6 heteroatoms. The molecule has 0 radical (unpaired) electrons. The Bertz CT molecular complexity index is 731. The predicted molar refractivity (Wildman–Crippen MR) is 84.0 cm³/mol. The zero-order valence-corrected chi connectivity index (χ0v) is 13.0. The van der Waals surface area contributed by atoms with Gasteiger partial charge in [0.25, 0.3) is 0 Å². The first-order valence-corrected chi connectivity index (χ1v) is 7.08. The van der Waals surface area contributed by atoms with Crippen molar-refractivity contribution in [3.63, 3.8) is 0 Å². The van der Waals surface area contributed by atoms with Gasteiger partial charge < -0.3 is 10.3 Å².